The summed E-state index contributed by atoms with van der Waals surface area (Å²) < 4.78 is 9.98. The fraction of sp³-hybridized carbons (Fsp3) is 0.571. The van der Waals surface area contributed by atoms with Crippen molar-refractivity contribution in [2.75, 3.05) is 13.7 Å². The summed E-state index contributed by atoms with van der Waals surface area (Å²) in [5.74, 6) is 0.632. The van der Waals surface area contributed by atoms with Crippen LogP contribution in [0, 0.1) is 11.3 Å². The Morgan fingerprint density at radius 3 is 2.84 bits per heavy atom. The Morgan fingerprint density at radius 2 is 2.26 bits per heavy atom. The van der Waals surface area contributed by atoms with E-state index in [0.717, 1.165) is 12.2 Å². The molecule has 1 aliphatic carbocycles. The van der Waals surface area contributed by atoms with E-state index in [1.165, 1.54) is 7.11 Å². The monoisotopic (exact) mass is 265 g/mol. The summed E-state index contributed by atoms with van der Waals surface area (Å²) in [4.78, 5) is 23.5. The van der Waals surface area contributed by atoms with Crippen LogP contribution in [-0.4, -0.2) is 25.5 Å². The van der Waals surface area contributed by atoms with Gasteiger partial charge in [-0.3, -0.25) is 9.59 Å². The van der Waals surface area contributed by atoms with Crippen LogP contribution in [0.15, 0.2) is 22.8 Å². The van der Waals surface area contributed by atoms with Crippen molar-refractivity contribution < 1.29 is 18.7 Å². The van der Waals surface area contributed by atoms with Crippen LogP contribution in [0.3, 0.4) is 0 Å². The first-order chi connectivity index (χ1) is 8.95. The van der Waals surface area contributed by atoms with Crippen molar-refractivity contribution in [3.63, 3.8) is 0 Å². The van der Waals surface area contributed by atoms with Gasteiger partial charge >= 0.3 is 5.97 Å². The van der Waals surface area contributed by atoms with E-state index < -0.39 is 5.41 Å². The normalized spacial score (nSPS) is 21.8. The molecule has 0 spiro atoms. The number of hydrogen-bond acceptors (Lipinski definition) is 4. The smallest absolute Gasteiger partial charge is 0.313 e. The molecule has 1 amide bonds. The molecule has 104 valence electrons. The van der Waals surface area contributed by atoms with Gasteiger partial charge in [-0.1, -0.05) is 0 Å². The molecule has 19 heavy (non-hydrogen) atoms. The molecule has 2 atom stereocenters. The van der Waals surface area contributed by atoms with Crippen molar-refractivity contribution in [3.8, 4) is 0 Å². The van der Waals surface area contributed by atoms with Gasteiger partial charge in [-0.25, -0.2) is 0 Å². The fourth-order valence-corrected chi connectivity index (χ4v) is 2.09. The molecule has 5 nitrogen and oxygen atoms in total. The molecule has 0 aliphatic heterocycles. The Balaban J connectivity index is 1.82. The molecule has 0 bridgehead atoms. The van der Waals surface area contributed by atoms with Crippen molar-refractivity contribution in [2.45, 2.75) is 26.2 Å². The Labute approximate surface area is 112 Å². The van der Waals surface area contributed by atoms with E-state index in [1.807, 2.05) is 12.1 Å². The van der Waals surface area contributed by atoms with Gasteiger partial charge in [-0.05, 0) is 32.4 Å². The second kappa shape index (κ2) is 5.07. The quantitative estimate of drug-likeness (QED) is 0.823. The summed E-state index contributed by atoms with van der Waals surface area (Å²) >= 11 is 0. The first-order valence-corrected chi connectivity index (χ1v) is 6.35. The summed E-state index contributed by atoms with van der Waals surface area (Å²) in [5.41, 5.74) is -0.709. The number of ether oxygens (including phenoxy) is 1. The second-order valence-corrected chi connectivity index (χ2v) is 5.56. The maximum atomic E-state index is 12.0. The number of carbonyl (C=O) groups is 2. The fourth-order valence-electron chi connectivity index (χ4n) is 2.09. The lowest BCUT2D eigenvalue weighted by atomic mass is 9.93. The predicted octanol–water partition coefficient (Wildman–Crippen LogP) is 1.70. The molecule has 2 rings (SSSR count). The van der Waals surface area contributed by atoms with Crippen molar-refractivity contribution in [3.05, 3.63) is 24.2 Å². The van der Waals surface area contributed by atoms with Gasteiger partial charge < -0.3 is 14.5 Å². The summed E-state index contributed by atoms with van der Waals surface area (Å²) in [7, 11) is 1.35. The van der Waals surface area contributed by atoms with E-state index >= 15 is 0 Å². The number of nitrogens with one attached hydrogen (secondary N) is 1. The first-order valence-electron chi connectivity index (χ1n) is 6.35. The number of amides is 1. The lowest BCUT2D eigenvalue weighted by Gasteiger charge is -2.21. The van der Waals surface area contributed by atoms with E-state index in [-0.39, 0.29) is 30.3 Å². The third-order valence-corrected chi connectivity index (χ3v) is 3.48. The topological polar surface area (TPSA) is 68.5 Å². The van der Waals surface area contributed by atoms with Crippen molar-refractivity contribution in [1.82, 2.24) is 5.32 Å². The minimum Gasteiger partial charge on any atom is -0.469 e. The molecule has 0 saturated heterocycles. The molecule has 1 fully saturated rings. The third-order valence-electron chi connectivity index (χ3n) is 3.48. The Bertz CT molecular complexity index is 464. The number of methoxy groups -OCH3 is 1. The van der Waals surface area contributed by atoms with Gasteiger partial charge in [0.2, 0.25) is 5.91 Å². The van der Waals surface area contributed by atoms with Crippen LogP contribution in [0.2, 0.25) is 0 Å². The molecule has 1 aliphatic rings. The maximum Gasteiger partial charge on any atom is 0.313 e. The Morgan fingerprint density at radius 1 is 1.53 bits per heavy atom. The zero-order valence-corrected chi connectivity index (χ0v) is 11.4. The van der Waals surface area contributed by atoms with E-state index in [4.69, 9.17) is 9.15 Å². The van der Waals surface area contributed by atoms with Crippen molar-refractivity contribution >= 4 is 11.9 Å². The van der Waals surface area contributed by atoms with Crippen molar-refractivity contribution in [2.24, 2.45) is 11.3 Å². The average Bonchev–Trinajstić information content (AvgIpc) is 3.01. The van der Waals surface area contributed by atoms with Crippen molar-refractivity contribution in [1.29, 1.82) is 0 Å². The van der Waals surface area contributed by atoms with Crippen LogP contribution in [0.1, 0.15) is 31.9 Å². The molecule has 1 N–H and O–H groups in total. The SMILES string of the molecule is COC(=O)C(C)(C)CNC(=O)[C@H]1C[C@@H]1c1ccco1. The summed E-state index contributed by atoms with van der Waals surface area (Å²) in [6.07, 6.45) is 2.42. The standard InChI is InChI=1S/C14H19NO4/c1-14(2,13(17)18-3)8-15-12(16)10-7-9(10)11-5-4-6-19-11/h4-6,9-10H,7-8H2,1-3H3,(H,15,16)/t9-,10-/m0/s1. The highest BCUT2D eigenvalue weighted by atomic mass is 16.5. The van der Waals surface area contributed by atoms with Crippen LogP contribution >= 0.6 is 0 Å². The highest BCUT2D eigenvalue weighted by Gasteiger charge is 2.46. The minimum atomic E-state index is -0.709. The molecule has 1 aromatic rings. The Kier molecular flexibility index (Phi) is 3.64. The minimum absolute atomic E-state index is 0.0293. The van der Waals surface area contributed by atoms with Gasteiger partial charge in [0, 0.05) is 18.4 Å². The lowest BCUT2D eigenvalue weighted by Crippen LogP contribution is -2.40. The van der Waals surface area contributed by atoms with Gasteiger partial charge in [0.15, 0.2) is 0 Å². The van der Waals surface area contributed by atoms with Gasteiger partial charge in [-0.2, -0.15) is 0 Å². The number of carbonyl (C=O) groups excluding carboxylic acids is 2. The van der Waals surface area contributed by atoms with E-state index in [1.54, 1.807) is 20.1 Å². The first kappa shape index (κ1) is 13.6. The highest BCUT2D eigenvalue weighted by molar-refractivity contribution is 5.84. The maximum absolute atomic E-state index is 12.0. The highest BCUT2D eigenvalue weighted by Crippen LogP contribution is 2.47. The molecule has 0 aromatic carbocycles. The number of rotatable bonds is 5. The number of hydrogen-bond donors (Lipinski definition) is 1. The van der Waals surface area contributed by atoms with Gasteiger partial charge in [0.25, 0.3) is 0 Å². The summed E-state index contributed by atoms with van der Waals surface area (Å²) in [6, 6.07) is 3.71. The number of furan rings is 1. The zero-order chi connectivity index (χ0) is 14.0. The average molecular weight is 265 g/mol. The summed E-state index contributed by atoms with van der Waals surface area (Å²) in [6.45, 7) is 3.77. The molecular formula is C14H19NO4. The lowest BCUT2D eigenvalue weighted by molar-refractivity contribution is -0.150. The molecule has 0 radical (unpaired) electrons. The van der Waals surface area contributed by atoms with Gasteiger partial charge in [0.1, 0.15) is 5.76 Å². The van der Waals surface area contributed by atoms with E-state index in [0.29, 0.717) is 0 Å². The molecule has 0 unspecified atom stereocenters. The molecule has 1 saturated carbocycles. The Hall–Kier alpha value is -1.78. The third kappa shape index (κ3) is 2.97. The zero-order valence-electron chi connectivity index (χ0n) is 11.4. The van der Waals surface area contributed by atoms with Crippen LogP contribution in [0.4, 0.5) is 0 Å². The van der Waals surface area contributed by atoms with Crippen LogP contribution in [-0.2, 0) is 14.3 Å². The van der Waals surface area contributed by atoms with Crippen LogP contribution < -0.4 is 5.32 Å². The largest absolute Gasteiger partial charge is 0.469 e. The summed E-state index contributed by atoms with van der Waals surface area (Å²) in [5, 5.41) is 2.81. The second-order valence-electron chi connectivity index (χ2n) is 5.56. The van der Waals surface area contributed by atoms with Crippen LogP contribution in [0.5, 0.6) is 0 Å². The molecule has 1 heterocycles. The molecule has 1 aromatic heterocycles. The van der Waals surface area contributed by atoms with E-state index in [2.05, 4.69) is 5.32 Å². The van der Waals surface area contributed by atoms with Gasteiger partial charge in [-0.15, -0.1) is 0 Å². The number of esters is 1. The molecule has 5 heteroatoms. The van der Waals surface area contributed by atoms with Crippen LogP contribution in [0.25, 0.3) is 0 Å². The molecular weight excluding hydrogens is 246 g/mol. The van der Waals surface area contributed by atoms with Gasteiger partial charge in [0.05, 0.1) is 18.8 Å². The predicted molar refractivity (Wildman–Crippen MR) is 68.4 cm³/mol. The van der Waals surface area contributed by atoms with E-state index in [9.17, 15) is 9.59 Å².